The first-order valence-corrected chi connectivity index (χ1v) is 11.8. The standard InChI is InChI=1S/C32H19N3/c1-2-7-24-23(6-1)26-10-5-9-25-22(16-17-27(24)31(25)26)20-12-14-21(15-13-20)35-29-11-4-3-8-28(29)32-30(35)18-33-19-34-32/h1-19H. The van der Waals surface area contributed by atoms with Crippen molar-refractivity contribution in [2.75, 3.05) is 0 Å². The van der Waals surface area contributed by atoms with Crippen LogP contribution in [0, 0.1) is 0 Å². The van der Waals surface area contributed by atoms with Gasteiger partial charge in [-0.2, -0.15) is 0 Å². The first kappa shape index (κ1) is 18.6. The van der Waals surface area contributed by atoms with Crippen LogP contribution in [0.25, 0.3) is 71.8 Å². The molecule has 0 aliphatic heterocycles. The smallest absolute Gasteiger partial charge is 0.116 e. The second-order valence-corrected chi connectivity index (χ2v) is 9.09. The number of benzene rings is 5. The van der Waals surface area contributed by atoms with E-state index >= 15 is 0 Å². The molecule has 0 saturated heterocycles. The van der Waals surface area contributed by atoms with Crippen LogP contribution in [0.2, 0.25) is 0 Å². The Morgan fingerprint density at radius 3 is 2.06 bits per heavy atom. The molecule has 7 aromatic rings. The summed E-state index contributed by atoms with van der Waals surface area (Å²) in [6, 6.07) is 37.2. The van der Waals surface area contributed by atoms with Crippen LogP contribution in [0.3, 0.4) is 0 Å². The minimum Gasteiger partial charge on any atom is -0.306 e. The van der Waals surface area contributed by atoms with Gasteiger partial charge in [-0.1, -0.05) is 84.9 Å². The molecule has 3 heteroatoms. The van der Waals surface area contributed by atoms with Gasteiger partial charge in [-0.3, -0.25) is 0 Å². The van der Waals surface area contributed by atoms with Crippen LogP contribution in [0.15, 0.2) is 116 Å². The molecule has 0 unspecified atom stereocenters. The molecule has 5 aromatic carbocycles. The topological polar surface area (TPSA) is 30.7 Å². The van der Waals surface area contributed by atoms with Crippen LogP contribution in [0.4, 0.5) is 0 Å². The van der Waals surface area contributed by atoms with Gasteiger partial charge in [0, 0.05) is 11.1 Å². The third kappa shape index (κ3) is 2.50. The Labute approximate surface area is 202 Å². The van der Waals surface area contributed by atoms with Crippen molar-refractivity contribution in [3.05, 3.63) is 116 Å². The van der Waals surface area contributed by atoms with Crippen molar-refractivity contribution in [3.8, 4) is 39.1 Å². The van der Waals surface area contributed by atoms with Crippen molar-refractivity contribution >= 4 is 32.7 Å². The Kier molecular flexibility index (Phi) is 3.66. The van der Waals surface area contributed by atoms with Crippen molar-refractivity contribution in [2.45, 2.75) is 0 Å². The van der Waals surface area contributed by atoms with Crippen LogP contribution in [-0.4, -0.2) is 14.5 Å². The largest absolute Gasteiger partial charge is 0.306 e. The van der Waals surface area contributed by atoms with E-state index < -0.39 is 0 Å². The Hall–Kier alpha value is -4.76. The van der Waals surface area contributed by atoms with E-state index in [1.54, 1.807) is 6.33 Å². The quantitative estimate of drug-likeness (QED) is 0.269. The predicted molar refractivity (Wildman–Crippen MR) is 144 cm³/mol. The number of nitrogens with zero attached hydrogens (tertiary/aromatic N) is 3. The lowest BCUT2D eigenvalue weighted by atomic mass is 9.94. The fourth-order valence-electron chi connectivity index (χ4n) is 5.82. The van der Waals surface area contributed by atoms with E-state index in [0.29, 0.717) is 0 Å². The third-order valence-corrected chi connectivity index (χ3v) is 7.32. The van der Waals surface area contributed by atoms with E-state index in [-0.39, 0.29) is 0 Å². The Bertz CT molecular complexity index is 1860. The normalized spacial score (nSPS) is 12.0. The van der Waals surface area contributed by atoms with Crippen molar-refractivity contribution in [2.24, 2.45) is 0 Å². The maximum absolute atomic E-state index is 4.56. The van der Waals surface area contributed by atoms with E-state index in [9.17, 15) is 0 Å². The van der Waals surface area contributed by atoms with Crippen molar-refractivity contribution in [3.63, 3.8) is 0 Å². The van der Waals surface area contributed by atoms with Gasteiger partial charge in [0.15, 0.2) is 0 Å². The van der Waals surface area contributed by atoms with E-state index in [4.69, 9.17) is 0 Å². The number of fused-ring (bicyclic) bond motifs is 6. The molecule has 3 nitrogen and oxygen atoms in total. The van der Waals surface area contributed by atoms with Gasteiger partial charge in [0.05, 0.1) is 22.7 Å². The zero-order valence-electron chi connectivity index (χ0n) is 18.8. The zero-order chi connectivity index (χ0) is 22.9. The lowest BCUT2D eigenvalue weighted by Gasteiger charge is -2.12. The van der Waals surface area contributed by atoms with Crippen LogP contribution < -0.4 is 0 Å². The fourth-order valence-corrected chi connectivity index (χ4v) is 5.82. The molecule has 0 amide bonds. The second-order valence-electron chi connectivity index (χ2n) is 9.09. The molecule has 0 atom stereocenters. The molecule has 0 N–H and O–H groups in total. The first-order valence-electron chi connectivity index (χ1n) is 11.8. The van der Waals surface area contributed by atoms with Crippen LogP contribution in [0.5, 0.6) is 0 Å². The monoisotopic (exact) mass is 445 g/mol. The molecule has 35 heavy (non-hydrogen) atoms. The predicted octanol–water partition coefficient (Wildman–Crippen LogP) is 8.04. The van der Waals surface area contributed by atoms with Crippen LogP contribution >= 0.6 is 0 Å². The zero-order valence-corrected chi connectivity index (χ0v) is 18.8. The molecule has 1 aliphatic carbocycles. The fraction of sp³-hybridized carbons (Fsp3) is 0. The van der Waals surface area contributed by atoms with Gasteiger partial charge in [-0.15, -0.1) is 0 Å². The van der Waals surface area contributed by atoms with E-state index in [1.165, 1.54) is 44.2 Å². The summed E-state index contributed by atoms with van der Waals surface area (Å²) >= 11 is 0. The average molecular weight is 446 g/mol. The van der Waals surface area contributed by atoms with Gasteiger partial charge in [0.25, 0.3) is 0 Å². The molecule has 8 rings (SSSR count). The number of aromatic nitrogens is 3. The highest BCUT2D eigenvalue weighted by molar-refractivity contribution is 6.18. The van der Waals surface area contributed by atoms with Gasteiger partial charge in [-0.05, 0) is 62.4 Å². The van der Waals surface area contributed by atoms with Crippen molar-refractivity contribution in [1.29, 1.82) is 0 Å². The molecular formula is C32H19N3. The lowest BCUT2D eigenvalue weighted by Crippen LogP contribution is -1.94. The highest BCUT2D eigenvalue weighted by Gasteiger charge is 2.22. The number of rotatable bonds is 2. The van der Waals surface area contributed by atoms with Crippen LogP contribution in [-0.2, 0) is 0 Å². The molecule has 0 saturated carbocycles. The van der Waals surface area contributed by atoms with E-state index in [2.05, 4.69) is 118 Å². The van der Waals surface area contributed by atoms with Gasteiger partial charge in [0.1, 0.15) is 6.33 Å². The summed E-state index contributed by atoms with van der Waals surface area (Å²) in [6.07, 6.45) is 3.52. The summed E-state index contributed by atoms with van der Waals surface area (Å²) in [4.78, 5) is 8.86. The second kappa shape index (κ2) is 6.87. The summed E-state index contributed by atoms with van der Waals surface area (Å²) in [5, 5.41) is 3.80. The van der Waals surface area contributed by atoms with Gasteiger partial charge in [0.2, 0.25) is 0 Å². The molecule has 1 aliphatic rings. The molecular weight excluding hydrogens is 426 g/mol. The molecule has 0 bridgehead atoms. The lowest BCUT2D eigenvalue weighted by molar-refractivity contribution is 1.14. The average Bonchev–Trinajstić information content (AvgIpc) is 3.44. The minimum absolute atomic E-state index is 0.978. The third-order valence-electron chi connectivity index (χ3n) is 7.32. The molecule has 2 heterocycles. The maximum Gasteiger partial charge on any atom is 0.116 e. The molecule has 162 valence electrons. The Morgan fingerprint density at radius 2 is 1.20 bits per heavy atom. The number of hydrogen-bond acceptors (Lipinski definition) is 2. The Morgan fingerprint density at radius 1 is 0.514 bits per heavy atom. The van der Waals surface area contributed by atoms with Crippen LogP contribution in [0.1, 0.15) is 0 Å². The number of para-hydroxylation sites is 1. The van der Waals surface area contributed by atoms with E-state index in [1.807, 2.05) is 6.20 Å². The van der Waals surface area contributed by atoms with Gasteiger partial charge >= 0.3 is 0 Å². The first-order chi connectivity index (χ1) is 17.4. The summed E-state index contributed by atoms with van der Waals surface area (Å²) in [7, 11) is 0. The summed E-state index contributed by atoms with van der Waals surface area (Å²) < 4.78 is 2.25. The molecule has 0 fully saturated rings. The summed E-state index contributed by atoms with van der Waals surface area (Å²) in [5.74, 6) is 0. The molecule has 0 spiro atoms. The van der Waals surface area contributed by atoms with Gasteiger partial charge < -0.3 is 4.57 Å². The molecule has 0 radical (unpaired) electrons. The highest BCUT2D eigenvalue weighted by Crippen LogP contribution is 2.49. The van der Waals surface area contributed by atoms with Gasteiger partial charge in [-0.25, -0.2) is 9.97 Å². The Balaban J connectivity index is 1.31. The molecule has 2 aromatic heterocycles. The summed E-state index contributed by atoms with van der Waals surface area (Å²) in [6.45, 7) is 0. The van der Waals surface area contributed by atoms with E-state index in [0.717, 1.165) is 27.6 Å². The highest BCUT2D eigenvalue weighted by atomic mass is 15.0. The minimum atomic E-state index is 0.978. The van der Waals surface area contributed by atoms with Crippen molar-refractivity contribution < 1.29 is 0 Å². The summed E-state index contributed by atoms with van der Waals surface area (Å²) in [5.41, 5.74) is 12.0. The van der Waals surface area contributed by atoms with Crippen molar-refractivity contribution in [1.82, 2.24) is 14.5 Å². The maximum atomic E-state index is 4.56. The number of hydrogen-bond donors (Lipinski definition) is 0. The SMILES string of the molecule is c1ccc2c(c1)-c1cccc3c(-c4ccc(-n5c6ccccc6c6ncncc65)cc4)ccc-2c13.